The summed E-state index contributed by atoms with van der Waals surface area (Å²) in [5.41, 5.74) is 5.29. The molecule has 2 aromatic rings. The Morgan fingerprint density at radius 2 is 1.40 bits per heavy atom. The number of rotatable bonds is 8. The van der Waals surface area contributed by atoms with Crippen LogP contribution in [0.25, 0.3) is 16.7 Å². The molecular formula is C24H33N. The predicted octanol–water partition coefficient (Wildman–Crippen LogP) is 6.37. The van der Waals surface area contributed by atoms with Crippen molar-refractivity contribution in [1.82, 2.24) is 4.90 Å². The Morgan fingerprint density at radius 1 is 0.840 bits per heavy atom. The average molecular weight is 336 g/mol. The molecule has 0 N–H and O–H groups in total. The van der Waals surface area contributed by atoms with Gasteiger partial charge in [0.1, 0.15) is 0 Å². The first-order valence-corrected chi connectivity index (χ1v) is 9.51. The first kappa shape index (κ1) is 19.5. The van der Waals surface area contributed by atoms with Gasteiger partial charge in [0, 0.05) is 19.6 Å². The van der Waals surface area contributed by atoms with Gasteiger partial charge in [-0.05, 0) is 41.0 Å². The van der Waals surface area contributed by atoms with E-state index >= 15 is 0 Å². The summed E-state index contributed by atoms with van der Waals surface area (Å²) >= 11 is 0. The van der Waals surface area contributed by atoms with E-state index in [9.17, 15) is 0 Å². The molecule has 0 aliphatic heterocycles. The SMILES string of the molecule is CC(=CCN(CC(C)C)CC(C)C)c1ccccc1-c1ccccc1. The highest BCUT2D eigenvalue weighted by Crippen LogP contribution is 2.28. The summed E-state index contributed by atoms with van der Waals surface area (Å²) in [5.74, 6) is 1.40. The van der Waals surface area contributed by atoms with E-state index in [0.717, 1.165) is 19.6 Å². The number of nitrogens with zero attached hydrogens (tertiary/aromatic N) is 1. The molecular weight excluding hydrogens is 302 g/mol. The van der Waals surface area contributed by atoms with Crippen molar-refractivity contribution in [3.05, 3.63) is 66.2 Å². The molecule has 0 atom stereocenters. The molecule has 0 amide bonds. The van der Waals surface area contributed by atoms with Crippen LogP contribution in [0.2, 0.25) is 0 Å². The molecule has 2 aromatic carbocycles. The molecule has 0 spiro atoms. The van der Waals surface area contributed by atoms with Crippen molar-refractivity contribution in [1.29, 1.82) is 0 Å². The van der Waals surface area contributed by atoms with Crippen molar-refractivity contribution >= 4 is 5.57 Å². The maximum absolute atomic E-state index is 2.57. The second-order valence-corrected chi connectivity index (χ2v) is 7.80. The molecule has 2 rings (SSSR count). The number of hydrogen-bond acceptors (Lipinski definition) is 1. The van der Waals surface area contributed by atoms with E-state index in [1.165, 1.54) is 22.3 Å². The maximum Gasteiger partial charge on any atom is 0.0169 e. The van der Waals surface area contributed by atoms with Gasteiger partial charge in [0.25, 0.3) is 0 Å². The predicted molar refractivity (Wildman–Crippen MR) is 112 cm³/mol. The fraction of sp³-hybridized carbons (Fsp3) is 0.417. The van der Waals surface area contributed by atoms with Crippen molar-refractivity contribution in [2.75, 3.05) is 19.6 Å². The normalized spacial score (nSPS) is 12.4. The van der Waals surface area contributed by atoms with Crippen LogP contribution in [0.3, 0.4) is 0 Å². The zero-order valence-electron chi connectivity index (χ0n) is 16.5. The van der Waals surface area contributed by atoms with Crippen LogP contribution in [-0.4, -0.2) is 24.5 Å². The Balaban J connectivity index is 2.21. The fourth-order valence-electron chi connectivity index (χ4n) is 3.33. The Kier molecular flexibility index (Phi) is 7.46. The summed E-state index contributed by atoms with van der Waals surface area (Å²) < 4.78 is 0. The third-order valence-corrected chi connectivity index (χ3v) is 4.34. The van der Waals surface area contributed by atoms with E-state index in [1.807, 2.05) is 0 Å². The highest BCUT2D eigenvalue weighted by atomic mass is 15.1. The Bertz CT molecular complexity index is 658. The minimum atomic E-state index is 0.698. The first-order valence-electron chi connectivity index (χ1n) is 9.51. The second-order valence-electron chi connectivity index (χ2n) is 7.80. The molecule has 0 unspecified atom stereocenters. The van der Waals surface area contributed by atoms with E-state index in [1.54, 1.807) is 0 Å². The quantitative estimate of drug-likeness (QED) is 0.541. The Labute approximate surface area is 154 Å². The summed E-state index contributed by atoms with van der Waals surface area (Å²) in [4.78, 5) is 2.57. The van der Waals surface area contributed by atoms with Crippen LogP contribution in [0.1, 0.15) is 40.2 Å². The molecule has 0 fully saturated rings. The molecule has 1 nitrogen and oxygen atoms in total. The van der Waals surface area contributed by atoms with Crippen LogP contribution in [0, 0.1) is 11.8 Å². The monoisotopic (exact) mass is 335 g/mol. The molecule has 134 valence electrons. The first-order chi connectivity index (χ1) is 12.0. The molecule has 0 aliphatic carbocycles. The lowest BCUT2D eigenvalue weighted by atomic mass is 9.95. The third-order valence-electron chi connectivity index (χ3n) is 4.34. The average Bonchev–Trinajstić information content (AvgIpc) is 2.59. The van der Waals surface area contributed by atoms with Crippen LogP contribution in [0.5, 0.6) is 0 Å². The van der Waals surface area contributed by atoms with E-state index in [-0.39, 0.29) is 0 Å². The van der Waals surface area contributed by atoms with Crippen LogP contribution < -0.4 is 0 Å². The molecule has 1 heteroatoms. The largest absolute Gasteiger partial charge is 0.299 e. The Hall–Kier alpha value is -1.86. The molecule has 0 heterocycles. The number of allylic oxidation sites excluding steroid dienone is 1. The zero-order chi connectivity index (χ0) is 18.2. The van der Waals surface area contributed by atoms with Gasteiger partial charge in [-0.15, -0.1) is 0 Å². The third kappa shape index (κ3) is 6.17. The zero-order valence-corrected chi connectivity index (χ0v) is 16.5. The molecule has 0 aromatic heterocycles. The van der Waals surface area contributed by atoms with Crippen LogP contribution >= 0.6 is 0 Å². The van der Waals surface area contributed by atoms with Gasteiger partial charge < -0.3 is 0 Å². The lowest BCUT2D eigenvalue weighted by Gasteiger charge is -2.25. The molecule has 0 aliphatic rings. The van der Waals surface area contributed by atoms with E-state index in [0.29, 0.717) is 11.8 Å². The van der Waals surface area contributed by atoms with E-state index in [4.69, 9.17) is 0 Å². The van der Waals surface area contributed by atoms with Gasteiger partial charge in [0.05, 0.1) is 0 Å². The van der Waals surface area contributed by atoms with Crippen LogP contribution in [-0.2, 0) is 0 Å². The number of hydrogen-bond donors (Lipinski definition) is 0. The Morgan fingerprint density at radius 3 is 2.00 bits per heavy atom. The maximum atomic E-state index is 2.57. The molecule has 25 heavy (non-hydrogen) atoms. The highest BCUT2D eigenvalue weighted by Gasteiger charge is 2.10. The van der Waals surface area contributed by atoms with Gasteiger partial charge in [-0.1, -0.05) is 88.4 Å². The molecule has 0 saturated carbocycles. The van der Waals surface area contributed by atoms with Gasteiger partial charge >= 0.3 is 0 Å². The standard InChI is InChI=1S/C24H33N/c1-19(2)17-25(18-20(3)4)16-15-21(5)23-13-9-10-14-24(23)22-11-7-6-8-12-22/h6-15,19-20H,16-18H2,1-5H3. The minimum Gasteiger partial charge on any atom is -0.299 e. The van der Waals surface area contributed by atoms with Crippen molar-refractivity contribution < 1.29 is 0 Å². The second kappa shape index (κ2) is 9.58. The summed E-state index contributed by atoms with van der Waals surface area (Å²) in [6.07, 6.45) is 2.40. The lowest BCUT2D eigenvalue weighted by molar-refractivity contribution is 0.241. The van der Waals surface area contributed by atoms with Gasteiger partial charge in [0.2, 0.25) is 0 Å². The highest BCUT2D eigenvalue weighted by molar-refractivity contribution is 5.80. The smallest absolute Gasteiger partial charge is 0.0169 e. The van der Waals surface area contributed by atoms with E-state index < -0.39 is 0 Å². The molecule has 0 radical (unpaired) electrons. The topological polar surface area (TPSA) is 3.24 Å². The van der Waals surface area contributed by atoms with Crippen molar-refractivity contribution in [2.45, 2.75) is 34.6 Å². The fourth-order valence-corrected chi connectivity index (χ4v) is 3.33. The lowest BCUT2D eigenvalue weighted by Crippen LogP contribution is -2.31. The van der Waals surface area contributed by atoms with Gasteiger partial charge in [-0.2, -0.15) is 0 Å². The minimum absolute atomic E-state index is 0.698. The molecule has 0 saturated heterocycles. The summed E-state index contributed by atoms with van der Waals surface area (Å²) in [6, 6.07) is 19.4. The summed E-state index contributed by atoms with van der Waals surface area (Å²) in [6.45, 7) is 14.8. The van der Waals surface area contributed by atoms with Gasteiger partial charge in [0.15, 0.2) is 0 Å². The summed E-state index contributed by atoms with van der Waals surface area (Å²) in [7, 11) is 0. The van der Waals surface area contributed by atoms with Gasteiger partial charge in [-0.25, -0.2) is 0 Å². The van der Waals surface area contributed by atoms with Gasteiger partial charge in [-0.3, -0.25) is 4.90 Å². The molecule has 0 bridgehead atoms. The van der Waals surface area contributed by atoms with Crippen molar-refractivity contribution in [3.63, 3.8) is 0 Å². The van der Waals surface area contributed by atoms with Crippen molar-refractivity contribution in [2.24, 2.45) is 11.8 Å². The summed E-state index contributed by atoms with van der Waals surface area (Å²) in [5, 5.41) is 0. The van der Waals surface area contributed by atoms with Crippen molar-refractivity contribution in [3.8, 4) is 11.1 Å². The number of benzene rings is 2. The van der Waals surface area contributed by atoms with Crippen LogP contribution in [0.4, 0.5) is 0 Å². The van der Waals surface area contributed by atoms with Crippen LogP contribution in [0.15, 0.2) is 60.7 Å². The van der Waals surface area contributed by atoms with E-state index in [2.05, 4.69) is 100 Å².